The molecule has 0 aliphatic rings. The quantitative estimate of drug-likeness (QED) is 0.843. The molecule has 1 aromatic rings. The summed E-state index contributed by atoms with van der Waals surface area (Å²) < 4.78 is 5.63. The highest BCUT2D eigenvalue weighted by Crippen LogP contribution is 2.32. The van der Waals surface area contributed by atoms with E-state index in [0.717, 1.165) is 16.9 Å². The molecule has 0 radical (unpaired) electrons. The van der Waals surface area contributed by atoms with Crippen molar-refractivity contribution in [1.29, 1.82) is 0 Å². The van der Waals surface area contributed by atoms with Crippen LogP contribution in [-0.4, -0.2) is 29.5 Å². The zero-order valence-electron chi connectivity index (χ0n) is 11.3. The van der Waals surface area contributed by atoms with E-state index in [9.17, 15) is 5.11 Å². The van der Waals surface area contributed by atoms with Gasteiger partial charge in [0.2, 0.25) is 0 Å². The highest BCUT2D eigenvalue weighted by atomic mass is 16.5. The number of hydrogen-bond acceptors (Lipinski definition) is 3. The largest absolute Gasteiger partial charge is 0.490 e. The molecule has 0 saturated carbocycles. The van der Waals surface area contributed by atoms with Gasteiger partial charge < -0.3 is 14.9 Å². The predicted molar refractivity (Wildman–Crippen MR) is 68.7 cm³/mol. The molecule has 3 nitrogen and oxygen atoms in total. The number of hydrogen-bond donors (Lipinski definition) is 2. The van der Waals surface area contributed by atoms with E-state index < -0.39 is 6.10 Å². The van der Waals surface area contributed by atoms with Crippen molar-refractivity contribution in [1.82, 2.24) is 0 Å². The monoisotopic (exact) mass is 238 g/mol. The average Bonchev–Trinajstić information content (AvgIpc) is 2.33. The van der Waals surface area contributed by atoms with Crippen molar-refractivity contribution in [3.63, 3.8) is 0 Å². The van der Waals surface area contributed by atoms with E-state index in [1.165, 1.54) is 16.7 Å². The van der Waals surface area contributed by atoms with Gasteiger partial charge in [-0.25, -0.2) is 0 Å². The van der Waals surface area contributed by atoms with E-state index in [1.54, 1.807) is 0 Å². The van der Waals surface area contributed by atoms with Crippen molar-refractivity contribution < 1.29 is 14.9 Å². The predicted octanol–water partition coefficient (Wildman–Crippen LogP) is 1.96. The van der Waals surface area contributed by atoms with Gasteiger partial charge in [-0.15, -0.1) is 0 Å². The molecule has 3 heteroatoms. The Morgan fingerprint density at radius 3 is 1.71 bits per heavy atom. The zero-order chi connectivity index (χ0) is 13.2. The third-order valence-corrected chi connectivity index (χ3v) is 3.56. The summed E-state index contributed by atoms with van der Waals surface area (Å²) in [6.45, 7) is 10.2. The van der Waals surface area contributed by atoms with Crippen molar-refractivity contribution in [2.24, 2.45) is 0 Å². The SMILES string of the molecule is Cc1c(C)c(C)c(OCC(O)CO)c(C)c1C. The second-order valence-electron chi connectivity index (χ2n) is 4.60. The van der Waals surface area contributed by atoms with Crippen molar-refractivity contribution in [3.05, 3.63) is 27.8 Å². The van der Waals surface area contributed by atoms with Crippen LogP contribution in [0.2, 0.25) is 0 Å². The first-order valence-electron chi connectivity index (χ1n) is 5.88. The smallest absolute Gasteiger partial charge is 0.125 e. The number of rotatable bonds is 4. The highest BCUT2D eigenvalue weighted by molar-refractivity contribution is 5.53. The van der Waals surface area contributed by atoms with Crippen LogP contribution < -0.4 is 4.74 Å². The fourth-order valence-corrected chi connectivity index (χ4v) is 1.91. The maximum absolute atomic E-state index is 9.32. The third-order valence-electron chi connectivity index (χ3n) is 3.56. The maximum Gasteiger partial charge on any atom is 0.125 e. The van der Waals surface area contributed by atoms with Gasteiger partial charge in [0.05, 0.1) is 6.61 Å². The summed E-state index contributed by atoms with van der Waals surface area (Å²) in [6, 6.07) is 0. The van der Waals surface area contributed by atoms with Gasteiger partial charge >= 0.3 is 0 Å². The summed E-state index contributed by atoms with van der Waals surface area (Å²) in [5, 5.41) is 18.1. The first-order chi connectivity index (χ1) is 7.90. The second-order valence-corrected chi connectivity index (χ2v) is 4.60. The van der Waals surface area contributed by atoms with Gasteiger partial charge in [-0.3, -0.25) is 0 Å². The Bertz CT molecular complexity index is 381. The molecule has 0 aliphatic heterocycles. The second kappa shape index (κ2) is 5.52. The standard InChI is InChI=1S/C14H22O3/c1-8-9(2)11(4)14(12(5)10(8)3)17-7-13(16)6-15/h13,15-16H,6-7H2,1-5H3. The first kappa shape index (κ1) is 14.0. The van der Waals surface area contributed by atoms with Crippen LogP contribution >= 0.6 is 0 Å². The summed E-state index contributed by atoms with van der Waals surface area (Å²) in [5.41, 5.74) is 5.95. The minimum absolute atomic E-state index is 0.125. The van der Waals surface area contributed by atoms with E-state index in [1.807, 2.05) is 13.8 Å². The Kier molecular flexibility index (Phi) is 4.54. The lowest BCUT2D eigenvalue weighted by Gasteiger charge is -2.20. The summed E-state index contributed by atoms with van der Waals surface area (Å²) in [4.78, 5) is 0. The third kappa shape index (κ3) is 2.79. The van der Waals surface area contributed by atoms with Crippen molar-refractivity contribution >= 4 is 0 Å². The Morgan fingerprint density at radius 2 is 1.29 bits per heavy atom. The lowest BCUT2D eigenvalue weighted by Crippen LogP contribution is -2.22. The van der Waals surface area contributed by atoms with Gasteiger partial charge in [-0.05, 0) is 62.4 Å². The van der Waals surface area contributed by atoms with Crippen LogP contribution in [0.4, 0.5) is 0 Å². The molecule has 0 aliphatic carbocycles. The van der Waals surface area contributed by atoms with Crippen molar-refractivity contribution in [3.8, 4) is 5.75 Å². The molecule has 0 spiro atoms. The van der Waals surface area contributed by atoms with E-state index in [0.29, 0.717) is 0 Å². The van der Waals surface area contributed by atoms with E-state index in [-0.39, 0.29) is 13.2 Å². The highest BCUT2D eigenvalue weighted by Gasteiger charge is 2.14. The molecule has 17 heavy (non-hydrogen) atoms. The molecule has 0 bridgehead atoms. The first-order valence-corrected chi connectivity index (χ1v) is 5.88. The molecule has 1 atom stereocenters. The van der Waals surface area contributed by atoms with E-state index in [4.69, 9.17) is 9.84 Å². The topological polar surface area (TPSA) is 49.7 Å². The van der Waals surface area contributed by atoms with E-state index >= 15 is 0 Å². The van der Waals surface area contributed by atoms with Crippen LogP contribution in [0.1, 0.15) is 27.8 Å². The van der Waals surface area contributed by atoms with Gasteiger partial charge in [-0.1, -0.05) is 0 Å². The number of aliphatic hydroxyl groups excluding tert-OH is 2. The van der Waals surface area contributed by atoms with Crippen LogP contribution in [0.5, 0.6) is 5.75 Å². The maximum atomic E-state index is 9.32. The molecule has 1 rings (SSSR count). The number of ether oxygens (including phenoxy) is 1. The summed E-state index contributed by atoms with van der Waals surface area (Å²) >= 11 is 0. The number of benzene rings is 1. The number of aliphatic hydroxyl groups is 2. The van der Waals surface area contributed by atoms with Crippen LogP contribution in [-0.2, 0) is 0 Å². The molecule has 0 aromatic heterocycles. The van der Waals surface area contributed by atoms with Crippen molar-refractivity contribution in [2.75, 3.05) is 13.2 Å². The molecule has 1 aromatic carbocycles. The minimum atomic E-state index is -0.823. The molecule has 0 heterocycles. The molecular formula is C14H22O3. The Morgan fingerprint density at radius 1 is 0.882 bits per heavy atom. The van der Waals surface area contributed by atoms with Gasteiger partial charge in [-0.2, -0.15) is 0 Å². The van der Waals surface area contributed by atoms with Crippen LogP contribution in [0, 0.1) is 34.6 Å². The van der Waals surface area contributed by atoms with Gasteiger partial charge in [0.15, 0.2) is 0 Å². The average molecular weight is 238 g/mol. The lowest BCUT2D eigenvalue weighted by atomic mass is 9.94. The fraction of sp³-hybridized carbons (Fsp3) is 0.571. The zero-order valence-corrected chi connectivity index (χ0v) is 11.3. The van der Waals surface area contributed by atoms with Crippen LogP contribution in [0.25, 0.3) is 0 Å². The molecule has 2 N–H and O–H groups in total. The molecule has 1 unspecified atom stereocenters. The van der Waals surface area contributed by atoms with E-state index in [2.05, 4.69) is 20.8 Å². The molecule has 96 valence electrons. The Labute approximate surface area is 103 Å². The van der Waals surface area contributed by atoms with Gasteiger partial charge in [0, 0.05) is 0 Å². The van der Waals surface area contributed by atoms with Gasteiger partial charge in [0.1, 0.15) is 18.5 Å². The minimum Gasteiger partial charge on any atom is -0.490 e. The summed E-state index contributed by atoms with van der Waals surface area (Å²) in [7, 11) is 0. The summed E-state index contributed by atoms with van der Waals surface area (Å²) in [5.74, 6) is 0.832. The molecule has 0 fully saturated rings. The Balaban J connectivity index is 3.07. The van der Waals surface area contributed by atoms with Crippen molar-refractivity contribution in [2.45, 2.75) is 40.7 Å². The fourth-order valence-electron chi connectivity index (χ4n) is 1.91. The van der Waals surface area contributed by atoms with Crippen LogP contribution in [0.3, 0.4) is 0 Å². The van der Waals surface area contributed by atoms with Gasteiger partial charge in [0.25, 0.3) is 0 Å². The van der Waals surface area contributed by atoms with Crippen LogP contribution in [0.15, 0.2) is 0 Å². The molecule has 0 saturated heterocycles. The lowest BCUT2D eigenvalue weighted by molar-refractivity contribution is 0.0531. The molecule has 0 amide bonds. The normalized spacial score (nSPS) is 12.6. The molecular weight excluding hydrogens is 216 g/mol. The Hall–Kier alpha value is -1.06. The summed E-state index contributed by atoms with van der Waals surface area (Å²) in [6.07, 6.45) is -0.823.